The standard InChI is InChI=1S/C32H31N3O8S2/c36-25(18-24-12-7-17-44-24)33-26-29(37)35-27(23(20-45(40)30(26)35)19-42-32(39)34-13-15-41-16-14-34)31(38)43-28(21-8-3-1-4-9-21)22-10-5-2-6-11-22/h1-12,17,26,28,30H,13-16,18-20H2,(H,33,36)/t26-,30-,45?/m1/s1. The average molecular weight is 650 g/mol. The molecule has 6 rings (SSSR count). The van der Waals surface area contributed by atoms with Crippen molar-refractivity contribution in [3.63, 3.8) is 0 Å². The Morgan fingerprint density at radius 1 is 0.978 bits per heavy atom. The lowest BCUT2D eigenvalue weighted by Gasteiger charge is -2.49. The summed E-state index contributed by atoms with van der Waals surface area (Å²) >= 11 is 1.42. The van der Waals surface area contributed by atoms with E-state index in [0.29, 0.717) is 37.4 Å². The van der Waals surface area contributed by atoms with Crippen molar-refractivity contribution in [2.75, 3.05) is 38.7 Å². The van der Waals surface area contributed by atoms with Gasteiger partial charge in [0.2, 0.25) is 5.91 Å². The molecule has 0 radical (unpaired) electrons. The normalized spacial score (nSPS) is 21.2. The molecule has 13 heteroatoms. The SMILES string of the molecule is O=C(Cc1cccs1)N[C@@H]1C(=O)N2C(C(=O)OC(c3ccccc3)c3ccccc3)=C(COC(=O)N3CCOCC3)CS(=O)[C@H]12. The molecule has 0 aliphatic carbocycles. The number of β-lactam (4-membered cyclic amide) rings is 1. The number of morpholine rings is 1. The van der Waals surface area contributed by atoms with E-state index >= 15 is 0 Å². The van der Waals surface area contributed by atoms with Crippen LogP contribution in [0.25, 0.3) is 0 Å². The number of nitrogens with one attached hydrogen (secondary N) is 1. The van der Waals surface area contributed by atoms with Crippen molar-refractivity contribution in [1.29, 1.82) is 0 Å². The molecule has 234 valence electrons. The molecule has 4 heterocycles. The third kappa shape index (κ3) is 6.70. The van der Waals surface area contributed by atoms with Gasteiger partial charge in [-0.15, -0.1) is 11.3 Å². The molecule has 11 nitrogen and oxygen atoms in total. The Labute approximate surface area is 266 Å². The largest absolute Gasteiger partial charge is 0.448 e. The predicted octanol–water partition coefficient (Wildman–Crippen LogP) is 2.76. The lowest BCUT2D eigenvalue weighted by Crippen LogP contribution is -2.73. The summed E-state index contributed by atoms with van der Waals surface area (Å²) in [6.07, 6.45) is -1.34. The molecule has 1 aromatic heterocycles. The van der Waals surface area contributed by atoms with Gasteiger partial charge >= 0.3 is 12.1 Å². The van der Waals surface area contributed by atoms with Crippen LogP contribution in [0.4, 0.5) is 4.79 Å². The minimum absolute atomic E-state index is 0.0735. The fourth-order valence-electron chi connectivity index (χ4n) is 5.48. The number of carbonyl (C=O) groups is 4. The van der Waals surface area contributed by atoms with Gasteiger partial charge in [-0.1, -0.05) is 66.7 Å². The molecule has 3 aromatic rings. The third-order valence-electron chi connectivity index (χ3n) is 7.70. The van der Waals surface area contributed by atoms with Gasteiger partial charge in [0.15, 0.2) is 6.10 Å². The molecule has 3 aliphatic heterocycles. The molecule has 45 heavy (non-hydrogen) atoms. The number of amides is 3. The Balaban J connectivity index is 1.28. The number of nitrogens with zero attached hydrogens (tertiary/aromatic N) is 2. The zero-order chi connectivity index (χ0) is 31.3. The minimum atomic E-state index is -1.70. The minimum Gasteiger partial charge on any atom is -0.448 e. The highest BCUT2D eigenvalue weighted by atomic mass is 32.2. The van der Waals surface area contributed by atoms with E-state index in [1.165, 1.54) is 16.2 Å². The fourth-order valence-corrected chi connectivity index (χ4v) is 7.85. The van der Waals surface area contributed by atoms with E-state index in [-0.39, 0.29) is 36.0 Å². The monoisotopic (exact) mass is 649 g/mol. The topological polar surface area (TPSA) is 132 Å². The van der Waals surface area contributed by atoms with Crippen LogP contribution in [-0.4, -0.2) is 88.0 Å². The molecule has 0 saturated carbocycles. The number of benzene rings is 2. The summed E-state index contributed by atoms with van der Waals surface area (Å²) in [5, 5.41) is 3.58. The van der Waals surface area contributed by atoms with Crippen molar-refractivity contribution in [3.8, 4) is 0 Å². The highest BCUT2D eigenvalue weighted by Gasteiger charge is 2.57. The van der Waals surface area contributed by atoms with Crippen LogP contribution in [0.1, 0.15) is 22.1 Å². The van der Waals surface area contributed by atoms with E-state index < -0.39 is 46.3 Å². The van der Waals surface area contributed by atoms with Crippen LogP contribution in [0, 0.1) is 0 Å². The highest BCUT2D eigenvalue weighted by molar-refractivity contribution is 7.86. The molecular weight excluding hydrogens is 618 g/mol. The quantitative estimate of drug-likeness (QED) is 0.277. The predicted molar refractivity (Wildman–Crippen MR) is 165 cm³/mol. The molecule has 2 fully saturated rings. The second-order valence-corrected chi connectivity index (χ2v) is 13.2. The van der Waals surface area contributed by atoms with Crippen LogP contribution in [0.2, 0.25) is 0 Å². The van der Waals surface area contributed by atoms with Gasteiger partial charge in [0.05, 0.1) is 36.2 Å². The van der Waals surface area contributed by atoms with E-state index in [1.807, 2.05) is 78.2 Å². The van der Waals surface area contributed by atoms with Crippen LogP contribution in [0.15, 0.2) is 89.4 Å². The van der Waals surface area contributed by atoms with Crippen molar-refractivity contribution in [3.05, 3.63) is 105 Å². The van der Waals surface area contributed by atoms with Gasteiger partial charge in [-0.25, -0.2) is 9.59 Å². The number of hydrogen-bond acceptors (Lipinski definition) is 9. The Morgan fingerprint density at radius 3 is 2.27 bits per heavy atom. The lowest BCUT2D eigenvalue weighted by molar-refractivity contribution is -0.155. The van der Waals surface area contributed by atoms with Gasteiger partial charge in [0.25, 0.3) is 5.91 Å². The molecule has 3 amide bonds. The summed E-state index contributed by atoms with van der Waals surface area (Å²) in [5.74, 6) is -1.96. The van der Waals surface area contributed by atoms with Crippen LogP contribution in [0.5, 0.6) is 0 Å². The molecule has 3 aliphatic rings. The molecule has 0 spiro atoms. The van der Waals surface area contributed by atoms with Crippen molar-refractivity contribution >= 4 is 46.0 Å². The fraction of sp³-hybridized carbons (Fsp3) is 0.312. The molecular formula is C32H31N3O8S2. The summed E-state index contributed by atoms with van der Waals surface area (Å²) in [5.41, 5.74) is 1.50. The zero-order valence-electron chi connectivity index (χ0n) is 24.2. The maximum Gasteiger partial charge on any atom is 0.410 e. The smallest absolute Gasteiger partial charge is 0.410 e. The van der Waals surface area contributed by atoms with Crippen LogP contribution < -0.4 is 5.32 Å². The van der Waals surface area contributed by atoms with Crippen molar-refractivity contribution in [1.82, 2.24) is 15.1 Å². The highest BCUT2D eigenvalue weighted by Crippen LogP contribution is 2.37. The molecule has 1 unspecified atom stereocenters. The summed E-state index contributed by atoms with van der Waals surface area (Å²) < 4.78 is 30.4. The molecule has 2 aromatic carbocycles. The van der Waals surface area contributed by atoms with Crippen molar-refractivity contribution in [2.24, 2.45) is 0 Å². The van der Waals surface area contributed by atoms with Gasteiger partial charge in [-0.05, 0) is 22.6 Å². The summed E-state index contributed by atoms with van der Waals surface area (Å²) in [6.45, 7) is 1.11. The second kappa shape index (κ2) is 13.8. The molecule has 3 atom stereocenters. The van der Waals surface area contributed by atoms with Gasteiger partial charge in [-0.3, -0.25) is 18.7 Å². The van der Waals surface area contributed by atoms with Gasteiger partial charge < -0.3 is 24.4 Å². The molecule has 2 saturated heterocycles. The number of hydrogen-bond donors (Lipinski definition) is 1. The van der Waals surface area contributed by atoms with E-state index in [1.54, 1.807) is 0 Å². The first kappa shape index (κ1) is 30.7. The summed E-state index contributed by atoms with van der Waals surface area (Å²) in [6, 6.07) is 20.9. The Kier molecular flexibility index (Phi) is 9.38. The summed E-state index contributed by atoms with van der Waals surface area (Å²) in [4.78, 5) is 56.6. The van der Waals surface area contributed by atoms with Gasteiger partial charge in [0.1, 0.15) is 23.7 Å². The molecule has 0 bridgehead atoms. The van der Waals surface area contributed by atoms with Crippen LogP contribution in [-0.2, 0) is 45.8 Å². The Morgan fingerprint density at radius 2 is 1.64 bits per heavy atom. The number of thiophene rings is 1. The van der Waals surface area contributed by atoms with Crippen LogP contribution >= 0.6 is 11.3 Å². The van der Waals surface area contributed by atoms with E-state index in [0.717, 1.165) is 9.78 Å². The maximum absolute atomic E-state index is 14.1. The zero-order valence-corrected chi connectivity index (χ0v) is 25.8. The number of ether oxygens (including phenoxy) is 3. The maximum atomic E-state index is 14.1. The average Bonchev–Trinajstić information content (AvgIpc) is 3.58. The molecule has 1 N–H and O–H groups in total. The first-order valence-electron chi connectivity index (χ1n) is 14.4. The van der Waals surface area contributed by atoms with E-state index in [2.05, 4.69) is 5.32 Å². The van der Waals surface area contributed by atoms with Crippen molar-refractivity contribution < 1.29 is 37.6 Å². The summed E-state index contributed by atoms with van der Waals surface area (Å²) in [7, 11) is -1.70. The lowest BCUT2D eigenvalue weighted by atomic mass is 10.0. The second-order valence-electron chi connectivity index (χ2n) is 10.6. The van der Waals surface area contributed by atoms with Gasteiger partial charge in [0, 0.05) is 23.5 Å². The number of fused-ring (bicyclic) bond motifs is 1. The van der Waals surface area contributed by atoms with Crippen LogP contribution in [0.3, 0.4) is 0 Å². The number of esters is 1. The van der Waals surface area contributed by atoms with E-state index in [4.69, 9.17) is 14.2 Å². The first-order valence-corrected chi connectivity index (χ1v) is 16.7. The Bertz CT molecular complexity index is 1570. The third-order valence-corrected chi connectivity index (χ3v) is 10.2. The van der Waals surface area contributed by atoms with Gasteiger partial charge in [-0.2, -0.15) is 0 Å². The number of carbonyl (C=O) groups excluding carboxylic acids is 4. The number of rotatable bonds is 9. The van der Waals surface area contributed by atoms with E-state index in [9.17, 15) is 23.4 Å². The Hall–Kier alpha value is -4.33. The van der Waals surface area contributed by atoms with Crippen molar-refractivity contribution in [2.45, 2.75) is 23.9 Å². The first-order chi connectivity index (χ1) is 21.9.